The van der Waals surface area contributed by atoms with Crippen molar-refractivity contribution >= 4 is 0 Å². The van der Waals surface area contributed by atoms with Crippen molar-refractivity contribution in [3.8, 4) is 5.75 Å². The highest BCUT2D eigenvalue weighted by atomic mass is 16.5. The highest BCUT2D eigenvalue weighted by molar-refractivity contribution is 5.34. The van der Waals surface area contributed by atoms with Gasteiger partial charge in [0.15, 0.2) is 0 Å². The van der Waals surface area contributed by atoms with Gasteiger partial charge in [0.05, 0.1) is 0 Å². The maximum absolute atomic E-state index is 6.06. The normalized spacial score (nSPS) is 12.2. The van der Waals surface area contributed by atoms with Crippen LogP contribution in [0.1, 0.15) is 35.3 Å². The Hall–Kier alpha value is -1.80. The molecule has 0 saturated heterocycles. The Morgan fingerprint density at radius 3 is 2.10 bits per heavy atom. The molecule has 0 saturated carbocycles. The van der Waals surface area contributed by atoms with Crippen molar-refractivity contribution in [1.82, 2.24) is 0 Å². The quantitative estimate of drug-likeness (QED) is 0.892. The molecule has 2 aromatic carbocycles. The molecule has 20 heavy (non-hydrogen) atoms. The molecule has 0 fully saturated rings. The number of benzene rings is 2. The highest BCUT2D eigenvalue weighted by Gasteiger charge is 2.11. The van der Waals surface area contributed by atoms with Gasteiger partial charge in [0.1, 0.15) is 11.9 Å². The number of ether oxygens (including phenoxy) is 1. The summed E-state index contributed by atoms with van der Waals surface area (Å²) in [5.41, 5.74) is 10.7. The Morgan fingerprint density at radius 1 is 1.00 bits per heavy atom. The predicted molar refractivity (Wildman–Crippen MR) is 84.2 cm³/mol. The molecule has 2 N–H and O–H groups in total. The zero-order valence-corrected chi connectivity index (χ0v) is 12.5. The lowest BCUT2D eigenvalue weighted by molar-refractivity contribution is 0.214. The summed E-state index contributed by atoms with van der Waals surface area (Å²) < 4.78 is 6.06. The van der Waals surface area contributed by atoms with Crippen molar-refractivity contribution in [3.05, 3.63) is 64.7 Å². The van der Waals surface area contributed by atoms with Crippen molar-refractivity contribution in [2.75, 3.05) is 6.54 Å². The van der Waals surface area contributed by atoms with Crippen LogP contribution in [0.3, 0.4) is 0 Å². The molecule has 106 valence electrons. The SMILES string of the molecule is CCc1ccc(C(CN)Oc2cc(C)cc(C)c2)cc1. The second-order valence-electron chi connectivity index (χ2n) is 5.26. The number of hydrogen-bond acceptors (Lipinski definition) is 2. The van der Waals surface area contributed by atoms with Crippen molar-refractivity contribution in [3.63, 3.8) is 0 Å². The van der Waals surface area contributed by atoms with Crippen molar-refractivity contribution < 1.29 is 4.74 Å². The molecule has 2 rings (SSSR count). The van der Waals surface area contributed by atoms with E-state index in [0.29, 0.717) is 6.54 Å². The lowest BCUT2D eigenvalue weighted by Gasteiger charge is -2.19. The molecule has 0 bridgehead atoms. The van der Waals surface area contributed by atoms with Crippen LogP contribution in [-0.2, 0) is 6.42 Å². The summed E-state index contributed by atoms with van der Waals surface area (Å²) in [6.45, 7) is 6.78. The highest BCUT2D eigenvalue weighted by Crippen LogP contribution is 2.24. The molecule has 1 atom stereocenters. The summed E-state index contributed by atoms with van der Waals surface area (Å²) in [6.07, 6.45) is 0.952. The van der Waals surface area contributed by atoms with Gasteiger partial charge in [-0.05, 0) is 54.7 Å². The summed E-state index contributed by atoms with van der Waals surface area (Å²) in [6, 6.07) is 14.7. The molecule has 0 amide bonds. The van der Waals surface area contributed by atoms with E-state index in [9.17, 15) is 0 Å². The van der Waals surface area contributed by atoms with Crippen LogP contribution in [0.2, 0.25) is 0 Å². The van der Waals surface area contributed by atoms with E-state index in [4.69, 9.17) is 10.5 Å². The molecule has 0 spiro atoms. The standard InChI is InChI=1S/C18H23NO/c1-4-15-5-7-16(8-6-15)18(12-19)20-17-10-13(2)9-14(3)11-17/h5-11,18H,4,12,19H2,1-3H3. The van der Waals surface area contributed by atoms with E-state index < -0.39 is 0 Å². The van der Waals surface area contributed by atoms with Crippen LogP contribution in [-0.4, -0.2) is 6.54 Å². The van der Waals surface area contributed by atoms with E-state index in [2.05, 4.69) is 63.2 Å². The van der Waals surface area contributed by atoms with E-state index >= 15 is 0 Å². The first-order valence-corrected chi connectivity index (χ1v) is 7.16. The molecule has 0 aliphatic rings. The number of hydrogen-bond donors (Lipinski definition) is 1. The average molecular weight is 269 g/mol. The Balaban J connectivity index is 2.19. The van der Waals surface area contributed by atoms with E-state index in [1.54, 1.807) is 0 Å². The second-order valence-corrected chi connectivity index (χ2v) is 5.26. The smallest absolute Gasteiger partial charge is 0.136 e. The molecule has 0 aliphatic carbocycles. The summed E-state index contributed by atoms with van der Waals surface area (Å²) in [7, 11) is 0. The van der Waals surface area contributed by atoms with Gasteiger partial charge in [-0.2, -0.15) is 0 Å². The van der Waals surface area contributed by atoms with Gasteiger partial charge in [-0.1, -0.05) is 37.3 Å². The third kappa shape index (κ3) is 3.61. The van der Waals surface area contributed by atoms with Crippen LogP contribution in [0.4, 0.5) is 0 Å². The van der Waals surface area contributed by atoms with Crippen LogP contribution < -0.4 is 10.5 Å². The first kappa shape index (κ1) is 14.6. The summed E-state index contributed by atoms with van der Waals surface area (Å²) in [5, 5.41) is 0. The van der Waals surface area contributed by atoms with Gasteiger partial charge >= 0.3 is 0 Å². The van der Waals surface area contributed by atoms with Crippen LogP contribution in [0, 0.1) is 13.8 Å². The van der Waals surface area contributed by atoms with Crippen LogP contribution >= 0.6 is 0 Å². The van der Waals surface area contributed by atoms with Gasteiger partial charge in [-0.3, -0.25) is 0 Å². The zero-order chi connectivity index (χ0) is 14.5. The molecular formula is C18H23NO. The average Bonchev–Trinajstić information content (AvgIpc) is 2.44. The summed E-state index contributed by atoms with van der Waals surface area (Å²) in [5.74, 6) is 0.887. The van der Waals surface area contributed by atoms with Gasteiger partial charge < -0.3 is 10.5 Å². The number of nitrogens with two attached hydrogens (primary N) is 1. The Bertz CT molecular complexity index is 540. The fourth-order valence-electron chi connectivity index (χ4n) is 2.39. The minimum absolute atomic E-state index is 0.0953. The van der Waals surface area contributed by atoms with Gasteiger partial charge in [0, 0.05) is 6.54 Å². The maximum Gasteiger partial charge on any atom is 0.136 e. The first-order valence-electron chi connectivity index (χ1n) is 7.16. The Morgan fingerprint density at radius 2 is 1.60 bits per heavy atom. The van der Waals surface area contributed by atoms with Crippen LogP contribution in [0.5, 0.6) is 5.75 Å². The van der Waals surface area contributed by atoms with Crippen LogP contribution in [0.25, 0.3) is 0 Å². The molecule has 2 nitrogen and oxygen atoms in total. The Kier molecular flexibility index (Phi) is 4.80. The zero-order valence-electron chi connectivity index (χ0n) is 12.5. The first-order chi connectivity index (χ1) is 9.62. The topological polar surface area (TPSA) is 35.2 Å². The molecule has 1 unspecified atom stereocenters. The van der Waals surface area contributed by atoms with E-state index in [0.717, 1.165) is 17.7 Å². The molecule has 0 aliphatic heterocycles. The summed E-state index contributed by atoms with van der Waals surface area (Å²) in [4.78, 5) is 0. The maximum atomic E-state index is 6.06. The number of aryl methyl sites for hydroxylation is 3. The molecule has 2 aromatic rings. The van der Waals surface area contributed by atoms with Gasteiger partial charge in [0.25, 0.3) is 0 Å². The monoisotopic (exact) mass is 269 g/mol. The third-order valence-corrected chi connectivity index (χ3v) is 3.45. The van der Waals surface area contributed by atoms with E-state index in [1.807, 2.05) is 0 Å². The second kappa shape index (κ2) is 6.58. The van der Waals surface area contributed by atoms with Gasteiger partial charge in [0.2, 0.25) is 0 Å². The van der Waals surface area contributed by atoms with Gasteiger partial charge in [-0.25, -0.2) is 0 Å². The Labute approximate surface area is 121 Å². The third-order valence-electron chi connectivity index (χ3n) is 3.45. The summed E-state index contributed by atoms with van der Waals surface area (Å²) >= 11 is 0. The lowest BCUT2D eigenvalue weighted by Crippen LogP contribution is -2.18. The predicted octanol–water partition coefficient (Wildman–Crippen LogP) is 3.94. The minimum Gasteiger partial charge on any atom is -0.484 e. The fraction of sp³-hybridized carbons (Fsp3) is 0.333. The van der Waals surface area contributed by atoms with Crippen molar-refractivity contribution in [1.29, 1.82) is 0 Å². The molecular weight excluding hydrogens is 246 g/mol. The molecule has 0 heterocycles. The molecule has 0 radical (unpaired) electrons. The lowest BCUT2D eigenvalue weighted by atomic mass is 10.1. The van der Waals surface area contributed by atoms with E-state index in [-0.39, 0.29) is 6.10 Å². The largest absolute Gasteiger partial charge is 0.484 e. The van der Waals surface area contributed by atoms with Crippen molar-refractivity contribution in [2.45, 2.75) is 33.3 Å². The van der Waals surface area contributed by atoms with Crippen molar-refractivity contribution in [2.24, 2.45) is 5.73 Å². The molecule has 0 aromatic heterocycles. The number of rotatable bonds is 5. The van der Waals surface area contributed by atoms with E-state index in [1.165, 1.54) is 16.7 Å². The minimum atomic E-state index is -0.0953. The van der Waals surface area contributed by atoms with Gasteiger partial charge in [-0.15, -0.1) is 0 Å². The fourth-order valence-corrected chi connectivity index (χ4v) is 2.39. The van der Waals surface area contributed by atoms with Crippen LogP contribution in [0.15, 0.2) is 42.5 Å². The molecule has 2 heteroatoms.